The molecular weight excluding hydrogens is 204 g/mol. The first-order valence-corrected chi connectivity index (χ1v) is 5.53. The predicted octanol–water partition coefficient (Wildman–Crippen LogP) is 2.37. The maximum atomic E-state index is 11.0. The molecule has 84 valence electrons. The molecule has 4 heteroatoms. The van der Waals surface area contributed by atoms with Gasteiger partial charge in [0.15, 0.2) is 0 Å². The number of carbonyl (C=O) groups is 1. The highest BCUT2D eigenvalue weighted by Crippen LogP contribution is 2.42. The van der Waals surface area contributed by atoms with E-state index >= 15 is 0 Å². The van der Waals surface area contributed by atoms with Crippen LogP contribution < -0.4 is 0 Å². The summed E-state index contributed by atoms with van der Waals surface area (Å²) in [5.74, 6) is -0.427. The normalized spacial score (nSPS) is 14.7. The van der Waals surface area contributed by atoms with Crippen LogP contribution >= 0.6 is 0 Å². The number of carboxylic acid groups (broad SMARTS) is 1. The van der Waals surface area contributed by atoms with Gasteiger partial charge in [-0.05, 0) is 25.3 Å². The van der Waals surface area contributed by atoms with E-state index in [1.807, 2.05) is 10.8 Å². The average Bonchev–Trinajstić information content (AvgIpc) is 3.00. The van der Waals surface area contributed by atoms with Gasteiger partial charge in [0.1, 0.15) is 0 Å². The second-order valence-electron chi connectivity index (χ2n) is 4.15. The molecule has 1 N–H and O–H groups in total. The van der Waals surface area contributed by atoms with Crippen molar-refractivity contribution in [2.75, 3.05) is 0 Å². The minimum Gasteiger partial charge on any atom is -0.478 e. The van der Waals surface area contributed by atoms with Gasteiger partial charge in [-0.25, -0.2) is 4.79 Å². The van der Waals surface area contributed by atoms with Gasteiger partial charge in [-0.1, -0.05) is 0 Å². The quantitative estimate of drug-likeness (QED) is 0.771. The molecule has 1 aromatic rings. The summed E-state index contributed by atoms with van der Waals surface area (Å²) in [6.45, 7) is 0.743. The lowest BCUT2D eigenvalue weighted by Gasteiger charge is -2.08. The predicted molar refractivity (Wildman–Crippen MR) is 58.2 cm³/mol. The lowest BCUT2D eigenvalue weighted by Crippen LogP contribution is -2.06. The summed E-state index contributed by atoms with van der Waals surface area (Å²) in [7, 11) is 0. The first-order valence-electron chi connectivity index (χ1n) is 5.53. The van der Waals surface area contributed by atoms with Gasteiger partial charge in [-0.2, -0.15) is 5.26 Å². The van der Waals surface area contributed by atoms with Gasteiger partial charge in [0, 0.05) is 30.8 Å². The zero-order valence-corrected chi connectivity index (χ0v) is 9.02. The van der Waals surface area contributed by atoms with Gasteiger partial charge < -0.3 is 9.67 Å². The summed E-state index contributed by atoms with van der Waals surface area (Å²) in [5, 5.41) is 17.5. The first kappa shape index (κ1) is 10.7. The third kappa shape index (κ3) is 2.08. The Morgan fingerprint density at radius 1 is 1.62 bits per heavy atom. The Hall–Kier alpha value is -1.76. The van der Waals surface area contributed by atoms with Crippen molar-refractivity contribution in [3.8, 4) is 6.07 Å². The van der Waals surface area contributed by atoms with E-state index in [4.69, 9.17) is 10.4 Å². The van der Waals surface area contributed by atoms with Crippen LogP contribution in [0.2, 0.25) is 0 Å². The number of aromatic nitrogens is 1. The lowest BCUT2D eigenvalue weighted by molar-refractivity contribution is 0.0695. The van der Waals surface area contributed by atoms with E-state index in [1.54, 1.807) is 6.07 Å². The Morgan fingerprint density at radius 3 is 2.94 bits per heavy atom. The Bertz CT molecular complexity index is 438. The molecule has 1 aromatic heterocycles. The van der Waals surface area contributed by atoms with Gasteiger partial charge in [0.2, 0.25) is 0 Å². The van der Waals surface area contributed by atoms with E-state index in [0.29, 0.717) is 17.9 Å². The fourth-order valence-corrected chi connectivity index (χ4v) is 2.00. The molecule has 1 aliphatic carbocycles. The van der Waals surface area contributed by atoms with Crippen molar-refractivity contribution in [1.82, 2.24) is 4.57 Å². The number of aromatic carboxylic acids is 1. The minimum absolute atomic E-state index is 0.420. The number of nitriles is 1. The van der Waals surface area contributed by atoms with Crippen LogP contribution in [0.1, 0.15) is 47.7 Å². The monoisotopic (exact) mass is 218 g/mol. The zero-order chi connectivity index (χ0) is 11.5. The van der Waals surface area contributed by atoms with E-state index in [-0.39, 0.29) is 0 Å². The van der Waals surface area contributed by atoms with Crippen LogP contribution in [-0.4, -0.2) is 15.6 Å². The molecule has 1 saturated carbocycles. The Balaban J connectivity index is 2.18. The maximum Gasteiger partial charge on any atom is 0.337 e. The molecule has 0 unspecified atom stereocenters. The molecule has 0 aromatic carbocycles. The van der Waals surface area contributed by atoms with Crippen molar-refractivity contribution in [1.29, 1.82) is 5.26 Å². The van der Waals surface area contributed by atoms with Gasteiger partial charge in [0.05, 0.1) is 11.6 Å². The van der Waals surface area contributed by atoms with Crippen molar-refractivity contribution in [2.45, 2.75) is 38.1 Å². The zero-order valence-electron chi connectivity index (χ0n) is 9.02. The minimum atomic E-state index is -0.846. The molecular formula is C12H14N2O2. The molecule has 0 spiro atoms. The average molecular weight is 218 g/mol. The molecule has 1 fully saturated rings. The lowest BCUT2D eigenvalue weighted by atomic mass is 10.2. The van der Waals surface area contributed by atoms with Crippen LogP contribution in [0.25, 0.3) is 0 Å². The van der Waals surface area contributed by atoms with Crippen molar-refractivity contribution < 1.29 is 9.90 Å². The Labute approximate surface area is 94.1 Å². The fraction of sp³-hybridized carbons (Fsp3) is 0.500. The number of aryl methyl sites for hydroxylation is 1. The molecule has 0 amide bonds. The molecule has 0 radical (unpaired) electrons. The molecule has 1 aliphatic rings. The third-order valence-corrected chi connectivity index (χ3v) is 2.89. The number of unbranched alkanes of at least 4 members (excludes halogenated alkanes) is 1. The van der Waals surface area contributed by atoms with Gasteiger partial charge in [-0.3, -0.25) is 0 Å². The largest absolute Gasteiger partial charge is 0.478 e. The second kappa shape index (κ2) is 4.40. The Kier molecular flexibility index (Phi) is 2.95. The standard InChI is InChI=1S/C12H14N2O2/c13-6-1-2-7-14-8-5-10(12(15)16)11(14)9-3-4-9/h5,8-9H,1-4,7H2,(H,15,16). The van der Waals surface area contributed by atoms with Crippen molar-refractivity contribution in [2.24, 2.45) is 0 Å². The molecule has 4 nitrogen and oxygen atoms in total. The van der Waals surface area contributed by atoms with E-state index in [2.05, 4.69) is 6.07 Å². The van der Waals surface area contributed by atoms with E-state index in [0.717, 1.165) is 31.5 Å². The van der Waals surface area contributed by atoms with Crippen molar-refractivity contribution >= 4 is 5.97 Å². The Morgan fingerprint density at radius 2 is 2.38 bits per heavy atom. The summed E-state index contributed by atoms with van der Waals surface area (Å²) >= 11 is 0. The van der Waals surface area contributed by atoms with E-state index in [9.17, 15) is 4.79 Å². The molecule has 0 bridgehead atoms. The summed E-state index contributed by atoms with van der Waals surface area (Å²) in [4.78, 5) is 11.0. The molecule has 0 aliphatic heterocycles. The molecule has 0 atom stereocenters. The number of rotatable bonds is 5. The van der Waals surface area contributed by atoms with Crippen LogP contribution in [0.15, 0.2) is 12.3 Å². The summed E-state index contributed by atoms with van der Waals surface area (Å²) in [5.41, 5.74) is 1.38. The third-order valence-electron chi connectivity index (χ3n) is 2.89. The van der Waals surface area contributed by atoms with Gasteiger partial charge >= 0.3 is 5.97 Å². The summed E-state index contributed by atoms with van der Waals surface area (Å²) in [6.07, 6.45) is 5.30. The van der Waals surface area contributed by atoms with Crippen LogP contribution in [0.4, 0.5) is 0 Å². The highest BCUT2D eigenvalue weighted by molar-refractivity contribution is 5.89. The van der Waals surface area contributed by atoms with E-state index < -0.39 is 5.97 Å². The molecule has 0 saturated heterocycles. The molecule has 1 heterocycles. The fourth-order valence-electron chi connectivity index (χ4n) is 2.00. The number of hydrogen-bond acceptors (Lipinski definition) is 2. The molecule has 16 heavy (non-hydrogen) atoms. The number of nitrogens with zero attached hydrogens (tertiary/aromatic N) is 2. The number of carboxylic acids is 1. The van der Waals surface area contributed by atoms with Crippen molar-refractivity contribution in [3.05, 3.63) is 23.5 Å². The SMILES string of the molecule is N#CCCCn1ccc(C(=O)O)c1C1CC1. The van der Waals surface area contributed by atoms with Crippen LogP contribution in [0.5, 0.6) is 0 Å². The topological polar surface area (TPSA) is 66.0 Å². The summed E-state index contributed by atoms with van der Waals surface area (Å²) < 4.78 is 2.00. The van der Waals surface area contributed by atoms with E-state index in [1.165, 1.54) is 0 Å². The van der Waals surface area contributed by atoms with Crippen LogP contribution in [-0.2, 0) is 6.54 Å². The second-order valence-corrected chi connectivity index (χ2v) is 4.15. The first-order chi connectivity index (χ1) is 7.74. The van der Waals surface area contributed by atoms with Crippen molar-refractivity contribution in [3.63, 3.8) is 0 Å². The highest BCUT2D eigenvalue weighted by Gasteiger charge is 2.31. The summed E-state index contributed by atoms with van der Waals surface area (Å²) in [6, 6.07) is 3.77. The van der Waals surface area contributed by atoms with Crippen LogP contribution in [0.3, 0.4) is 0 Å². The molecule has 2 rings (SSSR count). The van der Waals surface area contributed by atoms with Gasteiger partial charge in [-0.15, -0.1) is 0 Å². The highest BCUT2D eigenvalue weighted by atomic mass is 16.4. The number of hydrogen-bond donors (Lipinski definition) is 1. The maximum absolute atomic E-state index is 11.0. The van der Waals surface area contributed by atoms with Gasteiger partial charge in [0.25, 0.3) is 0 Å². The smallest absolute Gasteiger partial charge is 0.337 e. The van der Waals surface area contributed by atoms with Crippen LogP contribution in [0, 0.1) is 11.3 Å².